The van der Waals surface area contributed by atoms with Crippen molar-refractivity contribution in [3.05, 3.63) is 5.82 Å². The number of hydrogen-bond acceptors (Lipinski definition) is 5. The first-order chi connectivity index (χ1) is 6.86. The molecule has 0 saturated heterocycles. The molecule has 15 heavy (non-hydrogen) atoms. The summed E-state index contributed by atoms with van der Waals surface area (Å²) in [7, 11) is 0. The lowest BCUT2D eigenvalue weighted by Crippen LogP contribution is -2.50. The van der Waals surface area contributed by atoms with Gasteiger partial charge in [0.25, 0.3) is 0 Å². The Morgan fingerprint density at radius 2 is 1.93 bits per heavy atom. The minimum atomic E-state index is -0.608. The molecule has 0 fully saturated rings. The number of hydroxylamine groups is 2. The molecular formula is C8H13N6O. The van der Waals surface area contributed by atoms with Crippen LogP contribution in [0.5, 0.6) is 0 Å². The van der Waals surface area contributed by atoms with E-state index < -0.39 is 11.1 Å². The summed E-state index contributed by atoms with van der Waals surface area (Å²) in [5.41, 5.74) is -1.08. The van der Waals surface area contributed by atoms with Crippen molar-refractivity contribution in [2.45, 2.75) is 38.8 Å². The fourth-order valence-electron chi connectivity index (χ4n) is 1.36. The van der Waals surface area contributed by atoms with Crippen molar-refractivity contribution in [2.75, 3.05) is 0 Å². The lowest BCUT2D eigenvalue weighted by molar-refractivity contribution is -0.158. The third-order valence-corrected chi connectivity index (χ3v) is 3.13. The van der Waals surface area contributed by atoms with Gasteiger partial charge in [0.2, 0.25) is 11.7 Å². The van der Waals surface area contributed by atoms with Gasteiger partial charge >= 0.3 is 0 Å². The Labute approximate surface area is 87.2 Å². The van der Waals surface area contributed by atoms with Gasteiger partial charge in [-0.2, -0.15) is 10.3 Å². The Bertz CT molecular complexity index is 393. The van der Waals surface area contributed by atoms with E-state index in [1.54, 1.807) is 0 Å². The predicted molar refractivity (Wildman–Crippen MR) is 51.4 cm³/mol. The second-order valence-corrected chi connectivity index (χ2v) is 4.58. The molecule has 2 rings (SSSR count). The summed E-state index contributed by atoms with van der Waals surface area (Å²) >= 11 is 0. The Morgan fingerprint density at radius 1 is 1.27 bits per heavy atom. The number of amidine groups is 1. The molecule has 81 valence electrons. The van der Waals surface area contributed by atoms with Gasteiger partial charge in [-0.05, 0) is 32.9 Å². The van der Waals surface area contributed by atoms with Crippen molar-refractivity contribution in [1.82, 2.24) is 25.7 Å². The first-order valence-electron chi connectivity index (χ1n) is 4.67. The minimum Gasteiger partial charge on any atom is -0.254 e. The molecule has 1 aromatic heterocycles. The van der Waals surface area contributed by atoms with E-state index in [1.165, 1.54) is 0 Å². The van der Waals surface area contributed by atoms with Crippen molar-refractivity contribution in [3.63, 3.8) is 0 Å². The first-order valence-corrected chi connectivity index (χ1v) is 4.67. The van der Waals surface area contributed by atoms with E-state index in [0.29, 0.717) is 0 Å². The Hall–Kier alpha value is -1.50. The predicted octanol–water partition coefficient (Wildman–Crippen LogP) is 0.165. The third kappa shape index (κ3) is 1.23. The van der Waals surface area contributed by atoms with E-state index in [0.717, 1.165) is 5.06 Å². The summed E-state index contributed by atoms with van der Waals surface area (Å²) in [5.74, 6) is 0.474. The number of aliphatic imine (C=N–C) groups is 1. The molecule has 7 nitrogen and oxygen atoms in total. The van der Waals surface area contributed by atoms with Gasteiger partial charge in [-0.1, -0.05) is 5.21 Å². The van der Waals surface area contributed by atoms with Crippen LogP contribution in [0.2, 0.25) is 0 Å². The number of aromatic nitrogens is 4. The van der Waals surface area contributed by atoms with Crippen molar-refractivity contribution in [1.29, 1.82) is 0 Å². The van der Waals surface area contributed by atoms with E-state index in [-0.39, 0.29) is 11.7 Å². The lowest BCUT2D eigenvalue weighted by Gasteiger charge is -2.35. The maximum atomic E-state index is 12.0. The highest BCUT2D eigenvalue weighted by atomic mass is 16.5. The van der Waals surface area contributed by atoms with Gasteiger partial charge in [-0.25, -0.2) is 0 Å². The summed E-state index contributed by atoms with van der Waals surface area (Å²) in [6.45, 7) is 7.50. The fourth-order valence-corrected chi connectivity index (χ4v) is 1.36. The van der Waals surface area contributed by atoms with Gasteiger partial charge in [-0.15, -0.1) is 10.2 Å². The molecule has 2 heterocycles. The van der Waals surface area contributed by atoms with Crippen molar-refractivity contribution < 1.29 is 5.21 Å². The molecular weight excluding hydrogens is 196 g/mol. The van der Waals surface area contributed by atoms with E-state index in [9.17, 15) is 5.21 Å². The van der Waals surface area contributed by atoms with Crippen LogP contribution in [0.4, 0.5) is 0 Å². The summed E-state index contributed by atoms with van der Waals surface area (Å²) in [5, 5.41) is 26.1. The SMILES string of the molecule is CC1(C)N=C(c2nn[nH]n2)N([O])C1(C)C. The Kier molecular flexibility index (Phi) is 1.84. The van der Waals surface area contributed by atoms with Crippen LogP contribution >= 0.6 is 0 Å². The monoisotopic (exact) mass is 209 g/mol. The van der Waals surface area contributed by atoms with Crippen LogP contribution in [0.1, 0.15) is 33.5 Å². The zero-order valence-electron chi connectivity index (χ0n) is 9.14. The van der Waals surface area contributed by atoms with Gasteiger partial charge < -0.3 is 0 Å². The zero-order valence-corrected chi connectivity index (χ0v) is 9.14. The molecule has 0 atom stereocenters. The van der Waals surface area contributed by atoms with Gasteiger partial charge in [-0.3, -0.25) is 4.99 Å². The smallest absolute Gasteiger partial charge is 0.241 e. The topological polar surface area (TPSA) is 90.0 Å². The average Bonchev–Trinajstić information content (AvgIpc) is 2.69. The van der Waals surface area contributed by atoms with Crippen molar-refractivity contribution in [3.8, 4) is 0 Å². The largest absolute Gasteiger partial charge is 0.254 e. The van der Waals surface area contributed by atoms with Crippen molar-refractivity contribution >= 4 is 5.84 Å². The van der Waals surface area contributed by atoms with Crippen LogP contribution < -0.4 is 0 Å². The molecule has 0 bridgehead atoms. The van der Waals surface area contributed by atoms with E-state index in [2.05, 4.69) is 25.6 Å². The fraction of sp³-hybridized carbons (Fsp3) is 0.750. The molecule has 1 radical (unpaired) electrons. The van der Waals surface area contributed by atoms with Gasteiger partial charge in [0.1, 0.15) is 0 Å². The minimum absolute atomic E-state index is 0.235. The van der Waals surface area contributed by atoms with Gasteiger partial charge in [0, 0.05) is 0 Å². The van der Waals surface area contributed by atoms with Crippen LogP contribution in [-0.2, 0) is 5.21 Å². The van der Waals surface area contributed by atoms with Crippen LogP contribution in [0.3, 0.4) is 0 Å². The molecule has 0 aromatic carbocycles. The number of hydrogen-bond donors (Lipinski definition) is 1. The Morgan fingerprint density at radius 3 is 2.33 bits per heavy atom. The van der Waals surface area contributed by atoms with E-state index in [4.69, 9.17) is 0 Å². The molecule has 1 aromatic rings. The Balaban J connectivity index is 2.46. The number of tetrazole rings is 1. The van der Waals surface area contributed by atoms with Crippen LogP contribution in [0.15, 0.2) is 4.99 Å². The highest BCUT2D eigenvalue weighted by Crippen LogP contribution is 2.37. The first kappa shape index (κ1) is 10.0. The van der Waals surface area contributed by atoms with Gasteiger partial charge in [0.15, 0.2) is 0 Å². The van der Waals surface area contributed by atoms with Gasteiger partial charge in [0.05, 0.1) is 11.1 Å². The molecule has 1 aliphatic heterocycles. The second-order valence-electron chi connectivity index (χ2n) is 4.58. The molecule has 7 heteroatoms. The molecule has 0 aliphatic carbocycles. The van der Waals surface area contributed by atoms with Crippen molar-refractivity contribution in [2.24, 2.45) is 4.99 Å². The average molecular weight is 209 g/mol. The maximum absolute atomic E-state index is 12.0. The molecule has 1 aliphatic rings. The molecule has 0 spiro atoms. The van der Waals surface area contributed by atoms with Crippen LogP contribution in [-0.4, -0.2) is 42.6 Å². The third-order valence-electron chi connectivity index (χ3n) is 3.13. The lowest BCUT2D eigenvalue weighted by atomic mass is 9.84. The zero-order chi connectivity index (χ0) is 11.3. The highest BCUT2D eigenvalue weighted by Gasteiger charge is 2.51. The summed E-state index contributed by atoms with van der Waals surface area (Å²) < 4.78 is 0. The standard InChI is InChI=1S/C8H13N6O/c1-7(2)8(3,4)14(15)6(9-7)5-10-12-13-11-5/h1-4H3,(H,10,11,12,13). The normalized spacial score (nSPS) is 23.0. The van der Waals surface area contributed by atoms with E-state index in [1.807, 2.05) is 27.7 Å². The molecule has 0 unspecified atom stereocenters. The quantitative estimate of drug-likeness (QED) is 0.713. The summed E-state index contributed by atoms with van der Waals surface area (Å²) in [4.78, 5) is 4.34. The highest BCUT2D eigenvalue weighted by molar-refractivity contribution is 5.96. The molecule has 0 saturated carbocycles. The summed E-state index contributed by atoms with van der Waals surface area (Å²) in [6.07, 6.45) is 0. The van der Waals surface area contributed by atoms with E-state index >= 15 is 0 Å². The molecule has 0 amide bonds. The second kappa shape index (κ2) is 2.75. The summed E-state index contributed by atoms with van der Waals surface area (Å²) in [6, 6.07) is 0. The number of aromatic amines is 1. The van der Waals surface area contributed by atoms with Crippen LogP contribution in [0, 0.1) is 0 Å². The number of nitrogens with one attached hydrogen (secondary N) is 1. The number of H-pyrrole nitrogens is 1. The number of rotatable bonds is 1. The molecule has 1 N–H and O–H groups in total. The number of nitrogens with zero attached hydrogens (tertiary/aromatic N) is 5. The maximum Gasteiger partial charge on any atom is 0.241 e. The van der Waals surface area contributed by atoms with Crippen LogP contribution in [0.25, 0.3) is 0 Å².